The predicted octanol–water partition coefficient (Wildman–Crippen LogP) is 6.23. The summed E-state index contributed by atoms with van der Waals surface area (Å²) in [6.45, 7) is 12.8. The van der Waals surface area contributed by atoms with Crippen LogP contribution in [-0.4, -0.2) is 42.8 Å². The third-order valence-corrected chi connectivity index (χ3v) is 7.41. The zero-order valence-corrected chi connectivity index (χ0v) is 22.9. The summed E-state index contributed by atoms with van der Waals surface area (Å²) >= 11 is 0. The quantitative estimate of drug-likeness (QED) is 0.320. The van der Waals surface area contributed by atoms with Gasteiger partial charge >= 0.3 is 0 Å². The number of allylic oxidation sites excluding steroid dienone is 1. The molecule has 0 aromatic carbocycles. The minimum Gasteiger partial charge on any atom is -0.391 e. The number of imidazole rings is 1. The van der Waals surface area contributed by atoms with Crippen molar-refractivity contribution in [1.29, 1.82) is 0 Å². The normalized spacial score (nSPS) is 21.1. The molecule has 2 aliphatic rings. The van der Waals surface area contributed by atoms with Crippen LogP contribution in [0.3, 0.4) is 0 Å². The van der Waals surface area contributed by atoms with Gasteiger partial charge < -0.3 is 20.3 Å². The molecule has 2 fully saturated rings. The van der Waals surface area contributed by atoms with Crippen LogP contribution in [0.1, 0.15) is 104 Å². The Morgan fingerprint density at radius 3 is 2.44 bits per heavy atom. The molecule has 2 aromatic heterocycles. The molecule has 2 aliphatic carbocycles. The van der Waals surface area contributed by atoms with Crippen LogP contribution in [-0.2, 0) is 0 Å². The average Bonchev–Trinajstić information content (AvgIpc) is 3.66. The van der Waals surface area contributed by atoms with Crippen molar-refractivity contribution in [2.24, 2.45) is 5.92 Å². The van der Waals surface area contributed by atoms with Crippen LogP contribution in [0.5, 0.6) is 0 Å². The summed E-state index contributed by atoms with van der Waals surface area (Å²) in [5, 5.41) is 17.0. The molecule has 0 bridgehead atoms. The molecular weight excluding hydrogens is 448 g/mol. The highest BCUT2D eigenvalue weighted by Gasteiger charge is 2.25. The Morgan fingerprint density at radius 1 is 1.06 bits per heavy atom. The minimum atomic E-state index is -0.215. The fourth-order valence-electron chi connectivity index (χ4n) is 5.22. The number of terminal acetylenes is 1. The van der Waals surface area contributed by atoms with Gasteiger partial charge in [-0.25, -0.2) is 15.0 Å². The van der Waals surface area contributed by atoms with E-state index in [0.29, 0.717) is 18.0 Å². The van der Waals surface area contributed by atoms with E-state index < -0.39 is 0 Å². The SMILES string of the molecule is C#C.C=C(CC[C@@H](C)CCC(C)n1cnc2c(NC3CCCC3)ncnc21)N[C@@H]1CCC[C@H]1O.CC. The number of nitrogens with zero attached hydrogens (tertiary/aromatic N) is 4. The van der Waals surface area contributed by atoms with E-state index >= 15 is 0 Å². The highest BCUT2D eigenvalue weighted by Crippen LogP contribution is 2.28. The lowest BCUT2D eigenvalue weighted by molar-refractivity contribution is 0.153. The highest BCUT2D eigenvalue weighted by atomic mass is 16.3. The summed E-state index contributed by atoms with van der Waals surface area (Å²) in [6, 6.07) is 1.05. The largest absolute Gasteiger partial charge is 0.391 e. The molecule has 0 amide bonds. The molecule has 7 nitrogen and oxygen atoms in total. The first-order valence-corrected chi connectivity index (χ1v) is 13.9. The Morgan fingerprint density at radius 2 is 1.78 bits per heavy atom. The maximum Gasteiger partial charge on any atom is 0.165 e. The molecule has 2 aromatic rings. The Balaban J connectivity index is 0.00000109. The average molecular weight is 497 g/mol. The van der Waals surface area contributed by atoms with Gasteiger partial charge in [0.2, 0.25) is 0 Å². The number of fused-ring (bicyclic) bond motifs is 1. The molecule has 0 spiro atoms. The molecule has 4 rings (SSSR count). The van der Waals surface area contributed by atoms with Crippen LogP contribution in [0.2, 0.25) is 0 Å². The van der Waals surface area contributed by atoms with Gasteiger partial charge in [-0.05, 0) is 70.6 Å². The lowest BCUT2D eigenvalue weighted by Gasteiger charge is -2.21. The van der Waals surface area contributed by atoms with E-state index in [2.05, 4.69) is 63.4 Å². The van der Waals surface area contributed by atoms with E-state index in [1.54, 1.807) is 6.33 Å². The smallest absolute Gasteiger partial charge is 0.165 e. The van der Waals surface area contributed by atoms with E-state index in [1.807, 2.05) is 20.2 Å². The second-order valence-corrected chi connectivity index (χ2v) is 10.1. The lowest BCUT2D eigenvalue weighted by atomic mass is 9.96. The van der Waals surface area contributed by atoms with Crippen LogP contribution in [0.4, 0.5) is 5.82 Å². The molecule has 0 saturated heterocycles. The van der Waals surface area contributed by atoms with E-state index in [9.17, 15) is 5.11 Å². The maximum atomic E-state index is 9.99. The molecular formula is C29H48N6O. The third-order valence-electron chi connectivity index (χ3n) is 7.41. The Kier molecular flexibility index (Phi) is 12.8. The minimum absolute atomic E-state index is 0.197. The van der Waals surface area contributed by atoms with Gasteiger partial charge in [0, 0.05) is 17.8 Å². The van der Waals surface area contributed by atoms with Crippen LogP contribution in [0.15, 0.2) is 24.9 Å². The van der Waals surface area contributed by atoms with E-state index in [4.69, 9.17) is 0 Å². The molecule has 2 heterocycles. The number of hydrogen-bond acceptors (Lipinski definition) is 6. The fraction of sp³-hybridized carbons (Fsp3) is 0.690. The zero-order valence-electron chi connectivity index (χ0n) is 22.9. The van der Waals surface area contributed by atoms with Crippen LogP contribution < -0.4 is 10.6 Å². The van der Waals surface area contributed by atoms with Crippen molar-refractivity contribution in [2.45, 2.75) is 123 Å². The lowest BCUT2D eigenvalue weighted by Crippen LogP contribution is -2.34. The number of aliphatic hydroxyl groups is 1. The van der Waals surface area contributed by atoms with Crippen molar-refractivity contribution in [3.8, 4) is 12.8 Å². The van der Waals surface area contributed by atoms with Crippen molar-refractivity contribution < 1.29 is 5.11 Å². The summed E-state index contributed by atoms with van der Waals surface area (Å²) in [5.41, 5.74) is 2.87. The first kappa shape index (κ1) is 29.6. The molecule has 3 N–H and O–H groups in total. The Hall–Kier alpha value is -2.59. The number of nitrogens with one attached hydrogen (secondary N) is 2. The first-order valence-electron chi connectivity index (χ1n) is 13.9. The van der Waals surface area contributed by atoms with Gasteiger partial charge in [-0.3, -0.25) is 0 Å². The second-order valence-electron chi connectivity index (χ2n) is 10.1. The monoisotopic (exact) mass is 496 g/mol. The molecule has 200 valence electrons. The van der Waals surface area contributed by atoms with Gasteiger partial charge in [0.05, 0.1) is 18.5 Å². The van der Waals surface area contributed by atoms with Gasteiger partial charge in [-0.15, -0.1) is 12.8 Å². The summed E-state index contributed by atoms with van der Waals surface area (Å²) in [6.07, 6.45) is 23.8. The molecule has 1 unspecified atom stereocenters. The van der Waals surface area contributed by atoms with E-state index in [0.717, 1.165) is 67.6 Å². The summed E-state index contributed by atoms with van der Waals surface area (Å²) in [7, 11) is 0. The van der Waals surface area contributed by atoms with Crippen molar-refractivity contribution >= 4 is 17.0 Å². The van der Waals surface area contributed by atoms with E-state index in [-0.39, 0.29) is 12.1 Å². The van der Waals surface area contributed by atoms with Crippen molar-refractivity contribution in [2.75, 3.05) is 5.32 Å². The van der Waals surface area contributed by atoms with Crippen molar-refractivity contribution in [3.63, 3.8) is 0 Å². The van der Waals surface area contributed by atoms with Crippen LogP contribution in [0, 0.1) is 18.8 Å². The van der Waals surface area contributed by atoms with E-state index in [1.165, 1.54) is 25.7 Å². The van der Waals surface area contributed by atoms with Gasteiger partial charge in [0.25, 0.3) is 0 Å². The Labute approximate surface area is 218 Å². The highest BCUT2D eigenvalue weighted by molar-refractivity contribution is 5.82. The number of aromatic nitrogens is 4. The number of anilines is 1. The van der Waals surface area contributed by atoms with Gasteiger partial charge in [0.1, 0.15) is 11.8 Å². The fourth-order valence-corrected chi connectivity index (χ4v) is 5.22. The van der Waals surface area contributed by atoms with Gasteiger partial charge in [-0.1, -0.05) is 40.2 Å². The topological polar surface area (TPSA) is 87.9 Å². The number of aliphatic hydroxyl groups excluding tert-OH is 1. The number of rotatable bonds is 11. The van der Waals surface area contributed by atoms with Crippen molar-refractivity contribution in [3.05, 3.63) is 24.9 Å². The molecule has 0 aliphatic heterocycles. The van der Waals surface area contributed by atoms with Crippen molar-refractivity contribution in [1.82, 2.24) is 24.8 Å². The standard InChI is InChI=1S/C25H40N6O.C2H6.C2H2/c1-17(11-13-18(2)29-21-9-6-10-22(21)32)12-14-19(3)31-16-28-23-24(26-15-27-25(23)31)30-20-7-4-5-8-20;2*1-2/h15-17,19-22,29,32H,2,4-14H2,1,3H3,(H,26,27,30);1-2H3;1-2H/t17-,19?,21-,22-;;/m1../s1. The third kappa shape index (κ3) is 8.23. The second kappa shape index (κ2) is 15.5. The molecule has 2 saturated carbocycles. The first-order chi connectivity index (χ1) is 17.5. The van der Waals surface area contributed by atoms with Gasteiger partial charge in [-0.2, -0.15) is 0 Å². The van der Waals surface area contributed by atoms with Crippen LogP contribution >= 0.6 is 0 Å². The molecule has 0 radical (unpaired) electrons. The molecule has 4 atom stereocenters. The molecule has 36 heavy (non-hydrogen) atoms. The summed E-state index contributed by atoms with van der Waals surface area (Å²) in [4.78, 5) is 13.7. The summed E-state index contributed by atoms with van der Waals surface area (Å²) < 4.78 is 2.20. The molecule has 7 heteroatoms. The summed E-state index contributed by atoms with van der Waals surface area (Å²) in [5.74, 6) is 1.49. The zero-order chi connectivity index (χ0) is 26.5. The van der Waals surface area contributed by atoms with Gasteiger partial charge in [0.15, 0.2) is 11.5 Å². The maximum absolute atomic E-state index is 9.99. The predicted molar refractivity (Wildman–Crippen MR) is 151 cm³/mol. The number of hydrogen-bond donors (Lipinski definition) is 3. The van der Waals surface area contributed by atoms with Crippen LogP contribution in [0.25, 0.3) is 11.2 Å². The Bertz CT molecular complexity index is 932.